The van der Waals surface area contributed by atoms with Crippen molar-refractivity contribution < 1.29 is 9.13 Å². The highest BCUT2D eigenvalue weighted by Crippen LogP contribution is 2.26. The normalized spacial score (nSPS) is 10.6. The third-order valence-electron chi connectivity index (χ3n) is 3.31. The van der Waals surface area contributed by atoms with Crippen LogP contribution in [0.2, 0.25) is 5.02 Å². The maximum Gasteiger partial charge on any atom is 0.173 e. The molecule has 2 rings (SSSR count). The molecular formula is C16H18ClFN2OS2. The standard InChI is InChI=1S/C16H18ClFN2OS2/c1-11-5-8-23-15(11)10-20(16(22)19-6-7-21-2)12-3-4-14(18)13(17)9-12/h3-5,8-9H,6-7,10H2,1-2H3,(H,19,22). The van der Waals surface area contributed by atoms with Crippen LogP contribution < -0.4 is 10.2 Å². The molecule has 0 saturated carbocycles. The van der Waals surface area contributed by atoms with Crippen LogP contribution in [0.4, 0.5) is 10.1 Å². The van der Waals surface area contributed by atoms with Gasteiger partial charge in [-0.05, 0) is 54.4 Å². The lowest BCUT2D eigenvalue weighted by Crippen LogP contribution is -2.40. The molecule has 1 aromatic heterocycles. The summed E-state index contributed by atoms with van der Waals surface area (Å²) < 4.78 is 18.5. The molecule has 7 heteroatoms. The van der Waals surface area contributed by atoms with E-state index in [0.717, 1.165) is 5.69 Å². The molecular weight excluding hydrogens is 355 g/mol. The van der Waals surface area contributed by atoms with Crippen molar-refractivity contribution in [3.63, 3.8) is 0 Å². The molecule has 124 valence electrons. The van der Waals surface area contributed by atoms with Crippen molar-refractivity contribution in [2.45, 2.75) is 13.5 Å². The number of aryl methyl sites for hydroxylation is 1. The van der Waals surface area contributed by atoms with E-state index in [1.807, 2.05) is 10.3 Å². The average molecular weight is 373 g/mol. The van der Waals surface area contributed by atoms with Crippen LogP contribution in [0.1, 0.15) is 10.4 Å². The molecule has 0 aliphatic carbocycles. The molecule has 1 aromatic carbocycles. The Morgan fingerprint density at radius 3 is 2.83 bits per heavy atom. The molecule has 0 aliphatic rings. The molecule has 0 bridgehead atoms. The van der Waals surface area contributed by atoms with Gasteiger partial charge in [0.1, 0.15) is 5.82 Å². The van der Waals surface area contributed by atoms with E-state index in [9.17, 15) is 4.39 Å². The zero-order valence-electron chi connectivity index (χ0n) is 12.9. The van der Waals surface area contributed by atoms with Crippen molar-refractivity contribution in [3.05, 3.63) is 50.9 Å². The first-order chi connectivity index (χ1) is 11.0. The second-order valence-electron chi connectivity index (χ2n) is 4.94. The summed E-state index contributed by atoms with van der Waals surface area (Å²) in [6.45, 7) is 3.81. The summed E-state index contributed by atoms with van der Waals surface area (Å²) in [5.74, 6) is -0.444. The lowest BCUT2D eigenvalue weighted by Gasteiger charge is -2.26. The molecule has 0 spiro atoms. The van der Waals surface area contributed by atoms with Gasteiger partial charge < -0.3 is 15.0 Å². The van der Waals surface area contributed by atoms with Crippen molar-refractivity contribution in [3.8, 4) is 0 Å². The number of methoxy groups -OCH3 is 1. The van der Waals surface area contributed by atoms with Gasteiger partial charge in [-0.3, -0.25) is 0 Å². The lowest BCUT2D eigenvalue weighted by atomic mass is 10.2. The summed E-state index contributed by atoms with van der Waals surface area (Å²) in [4.78, 5) is 3.11. The Morgan fingerprint density at radius 1 is 1.43 bits per heavy atom. The number of hydrogen-bond acceptors (Lipinski definition) is 3. The highest BCUT2D eigenvalue weighted by molar-refractivity contribution is 7.80. The summed E-state index contributed by atoms with van der Waals surface area (Å²) in [5.41, 5.74) is 1.95. The molecule has 0 radical (unpaired) electrons. The predicted octanol–water partition coefficient (Wildman–Crippen LogP) is 4.38. The van der Waals surface area contributed by atoms with Crippen LogP contribution in [0, 0.1) is 12.7 Å². The number of hydrogen-bond donors (Lipinski definition) is 1. The van der Waals surface area contributed by atoms with E-state index in [0.29, 0.717) is 24.8 Å². The second-order valence-corrected chi connectivity index (χ2v) is 6.73. The van der Waals surface area contributed by atoms with Crippen LogP contribution in [-0.4, -0.2) is 25.4 Å². The van der Waals surface area contributed by atoms with Gasteiger partial charge in [0.2, 0.25) is 0 Å². The van der Waals surface area contributed by atoms with Crippen LogP contribution in [0.5, 0.6) is 0 Å². The molecule has 0 atom stereocenters. The number of thiophene rings is 1. The van der Waals surface area contributed by atoms with E-state index < -0.39 is 5.82 Å². The maximum atomic E-state index is 13.4. The summed E-state index contributed by atoms with van der Waals surface area (Å²) in [5, 5.41) is 5.82. The molecule has 0 saturated heterocycles. The van der Waals surface area contributed by atoms with Gasteiger partial charge in [-0.1, -0.05) is 11.6 Å². The third-order valence-corrected chi connectivity index (χ3v) is 4.97. The number of anilines is 1. The van der Waals surface area contributed by atoms with Crippen LogP contribution >= 0.6 is 35.2 Å². The fourth-order valence-electron chi connectivity index (χ4n) is 2.00. The van der Waals surface area contributed by atoms with Crippen LogP contribution in [0.25, 0.3) is 0 Å². The highest BCUT2D eigenvalue weighted by atomic mass is 35.5. The molecule has 0 aliphatic heterocycles. The minimum absolute atomic E-state index is 0.0788. The topological polar surface area (TPSA) is 24.5 Å². The van der Waals surface area contributed by atoms with E-state index in [-0.39, 0.29) is 5.02 Å². The van der Waals surface area contributed by atoms with Gasteiger partial charge in [0.15, 0.2) is 5.11 Å². The first-order valence-corrected chi connectivity index (χ1v) is 8.72. The molecule has 0 amide bonds. The van der Waals surface area contributed by atoms with Crippen LogP contribution in [0.3, 0.4) is 0 Å². The first kappa shape index (κ1) is 18.1. The first-order valence-electron chi connectivity index (χ1n) is 7.05. The maximum absolute atomic E-state index is 13.4. The number of rotatable bonds is 6. The Bertz CT molecular complexity index is 678. The molecule has 0 fully saturated rings. The molecule has 3 nitrogen and oxygen atoms in total. The second kappa shape index (κ2) is 8.59. The summed E-state index contributed by atoms with van der Waals surface area (Å²) >= 11 is 13.1. The molecule has 0 unspecified atom stereocenters. The Morgan fingerprint density at radius 2 is 2.22 bits per heavy atom. The van der Waals surface area contributed by atoms with Gasteiger partial charge in [0.05, 0.1) is 18.2 Å². The minimum atomic E-state index is -0.444. The van der Waals surface area contributed by atoms with E-state index >= 15 is 0 Å². The Balaban J connectivity index is 2.24. The van der Waals surface area contributed by atoms with Crippen molar-refractivity contribution in [2.75, 3.05) is 25.2 Å². The van der Waals surface area contributed by atoms with Gasteiger partial charge in [0, 0.05) is 24.2 Å². The van der Waals surface area contributed by atoms with E-state index in [2.05, 4.69) is 18.3 Å². The van der Waals surface area contributed by atoms with Gasteiger partial charge in [-0.25, -0.2) is 4.39 Å². The van der Waals surface area contributed by atoms with Gasteiger partial charge >= 0.3 is 0 Å². The van der Waals surface area contributed by atoms with Gasteiger partial charge in [-0.2, -0.15) is 0 Å². The minimum Gasteiger partial charge on any atom is -0.383 e. The smallest absolute Gasteiger partial charge is 0.173 e. The van der Waals surface area contributed by atoms with E-state index in [1.54, 1.807) is 30.6 Å². The van der Waals surface area contributed by atoms with Crippen molar-refractivity contribution in [2.24, 2.45) is 0 Å². The van der Waals surface area contributed by atoms with Crippen LogP contribution in [0.15, 0.2) is 29.6 Å². The molecule has 1 N–H and O–H groups in total. The number of ether oxygens (including phenoxy) is 1. The lowest BCUT2D eigenvalue weighted by molar-refractivity contribution is 0.204. The number of benzene rings is 1. The largest absolute Gasteiger partial charge is 0.383 e. The Kier molecular flexibility index (Phi) is 6.77. The highest BCUT2D eigenvalue weighted by Gasteiger charge is 2.16. The number of halogens is 2. The third kappa shape index (κ3) is 4.88. The SMILES string of the molecule is COCCNC(=S)N(Cc1sccc1C)c1ccc(F)c(Cl)c1. The molecule has 2 aromatic rings. The van der Waals surface area contributed by atoms with Crippen LogP contribution in [-0.2, 0) is 11.3 Å². The number of nitrogens with zero attached hydrogens (tertiary/aromatic N) is 1. The summed E-state index contributed by atoms with van der Waals surface area (Å²) in [7, 11) is 1.64. The van der Waals surface area contributed by atoms with Crippen molar-refractivity contribution in [1.29, 1.82) is 0 Å². The van der Waals surface area contributed by atoms with Gasteiger partial charge in [0.25, 0.3) is 0 Å². The predicted molar refractivity (Wildman–Crippen MR) is 99.1 cm³/mol. The summed E-state index contributed by atoms with van der Waals surface area (Å²) in [6.07, 6.45) is 0. The average Bonchev–Trinajstić information content (AvgIpc) is 2.93. The monoisotopic (exact) mass is 372 g/mol. The molecule has 23 heavy (non-hydrogen) atoms. The molecule has 1 heterocycles. The van der Waals surface area contributed by atoms with Crippen molar-refractivity contribution >= 4 is 46.0 Å². The fraction of sp³-hybridized carbons (Fsp3) is 0.312. The quantitative estimate of drug-likeness (QED) is 0.601. The zero-order valence-corrected chi connectivity index (χ0v) is 15.3. The Hall–Kier alpha value is -1.21. The number of nitrogens with one attached hydrogen (secondary N) is 1. The van der Waals surface area contributed by atoms with E-state index in [4.69, 9.17) is 28.6 Å². The number of thiocarbonyl (C=S) groups is 1. The summed E-state index contributed by atoms with van der Waals surface area (Å²) in [6, 6.07) is 6.68. The fourth-order valence-corrected chi connectivity index (χ4v) is 3.34. The van der Waals surface area contributed by atoms with E-state index in [1.165, 1.54) is 16.5 Å². The van der Waals surface area contributed by atoms with Gasteiger partial charge in [-0.15, -0.1) is 11.3 Å². The van der Waals surface area contributed by atoms with Crippen molar-refractivity contribution in [1.82, 2.24) is 5.32 Å². The zero-order chi connectivity index (χ0) is 16.8. The Labute approximate surface area is 150 Å².